The molecule has 1 amide bonds. The molecule has 0 aliphatic carbocycles. The van der Waals surface area contributed by atoms with Crippen molar-refractivity contribution in [3.05, 3.63) is 162 Å². The van der Waals surface area contributed by atoms with E-state index in [0.717, 1.165) is 40.5 Å². The molecule has 1 unspecified atom stereocenters. The van der Waals surface area contributed by atoms with Crippen LogP contribution in [-0.4, -0.2) is 20.4 Å². The molecule has 0 saturated carbocycles. The Kier molecular flexibility index (Phi) is 8.85. The molecule has 5 nitrogen and oxygen atoms in total. The lowest BCUT2D eigenvalue weighted by molar-refractivity contribution is -0.123. The maximum atomic E-state index is 14.0. The highest BCUT2D eigenvalue weighted by atomic mass is 32.2. The van der Waals surface area contributed by atoms with E-state index in [2.05, 4.69) is 10.0 Å². The van der Waals surface area contributed by atoms with E-state index >= 15 is 0 Å². The largest absolute Gasteiger partial charge is 0.344 e. The zero-order valence-electron chi connectivity index (χ0n) is 22.5. The second-order valence-electron chi connectivity index (χ2n) is 9.81. The number of hydrogen-bond acceptors (Lipinski definition) is 3. The van der Waals surface area contributed by atoms with Gasteiger partial charge in [-0.15, -0.1) is 0 Å². The summed E-state index contributed by atoms with van der Waals surface area (Å²) in [5, 5.41) is 2.95. The number of nitrogens with one attached hydrogen (secondary N) is 2. The summed E-state index contributed by atoms with van der Waals surface area (Å²) in [6.07, 6.45) is -0.280. The maximum Gasteiger partial charge on any atom is 0.241 e. The molecule has 0 bridgehead atoms. The lowest BCUT2D eigenvalue weighted by Gasteiger charge is -2.24. The molecule has 0 aromatic heterocycles. The van der Waals surface area contributed by atoms with Crippen LogP contribution in [0.4, 0.5) is 8.78 Å². The van der Waals surface area contributed by atoms with E-state index in [1.165, 1.54) is 12.1 Å². The van der Waals surface area contributed by atoms with Crippen molar-refractivity contribution in [3.63, 3.8) is 0 Å². The fourth-order valence-electron chi connectivity index (χ4n) is 4.76. The molecule has 5 aromatic rings. The van der Waals surface area contributed by atoms with Gasteiger partial charge in [-0.2, -0.15) is 4.72 Å². The minimum Gasteiger partial charge on any atom is -0.344 e. The normalized spacial score (nSPS) is 12.2. The molecule has 0 aliphatic rings. The fraction of sp³-hybridized carbons (Fsp3) is 0.0882. The van der Waals surface area contributed by atoms with E-state index < -0.39 is 39.6 Å². The maximum absolute atomic E-state index is 14.0. The zero-order chi connectivity index (χ0) is 29.5. The first-order valence-corrected chi connectivity index (χ1v) is 14.8. The summed E-state index contributed by atoms with van der Waals surface area (Å²) in [5.41, 5.74) is 3.45. The first kappa shape index (κ1) is 28.9. The number of carbonyl (C=O) groups excluding carboxylic acids is 1. The van der Waals surface area contributed by atoms with Crippen molar-refractivity contribution in [3.8, 4) is 11.1 Å². The Labute approximate surface area is 243 Å². The second kappa shape index (κ2) is 12.9. The Morgan fingerprint density at radius 2 is 1.12 bits per heavy atom. The van der Waals surface area contributed by atoms with Crippen molar-refractivity contribution in [1.29, 1.82) is 0 Å². The van der Waals surface area contributed by atoms with Gasteiger partial charge in [0.15, 0.2) is 0 Å². The first-order chi connectivity index (χ1) is 20.3. The van der Waals surface area contributed by atoms with E-state index in [1.807, 2.05) is 91.0 Å². The summed E-state index contributed by atoms with van der Waals surface area (Å²) in [6, 6.07) is 35.2. The number of hydrogen-bond donors (Lipinski definition) is 2. The molecule has 0 radical (unpaired) electrons. The van der Waals surface area contributed by atoms with Crippen LogP contribution in [0.3, 0.4) is 0 Å². The first-order valence-electron chi connectivity index (χ1n) is 13.3. The molecule has 2 N–H and O–H groups in total. The van der Waals surface area contributed by atoms with Gasteiger partial charge in [0.25, 0.3) is 0 Å². The third-order valence-electron chi connectivity index (χ3n) is 6.80. The summed E-state index contributed by atoms with van der Waals surface area (Å²) in [5.74, 6) is -2.30. The summed E-state index contributed by atoms with van der Waals surface area (Å²) in [7, 11) is -4.21. The minimum atomic E-state index is -4.21. The Morgan fingerprint density at radius 3 is 1.64 bits per heavy atom. The SMILES string of the molecule is O=C(NC(c1ccccc1)c1ccccc1)C(Cc1cc(F)cc(F)c1)NS(=O)(=O)c1ccc(-c2ccccc2)cc1. The van der Waals surface area contributed by atoms with Gasteiger partial charge in [0.1, 0.15) is 17.7 Å². The van der Waals surface area contributed by atoms with Gasteiger partial charge >= 0.3 is 0 Å². The van der Waals surface area contributed by atoms with Crippen molar-refractivity contribution >= 4 is 15.9 Å². The highest BCUT2D eigenvalue weighted by Gasteiger charge is 2.29. The van der Waals surface area contributed by atoms with Crippen molar-refractivity contribution in [1.82, 2.24) is 10.0 Å². The highest BCUT2D eigenvalue weighted by Crippen LogP contribution is 2.24. The van der Waals surface area contributed by atoms with Gasteiger partial charge in [-0.3, -0.25) is 4.79 Å². The number of sulfonamides is 1. The predicted molar refractivity (Wildman–Crippen MR) is 159 cm³/mol. The molecule has 0 heterocycles. The average molecular weight is 583 g/mol. The summed E-state index contributed by atoms with van der Waals surface area (Å²) in [4.78, 5) is 13.7. The highest BCUT2D eigenvalue weighted by molar-refractivity contribution is 7.89. The number of amides is 1. The Hall–Kier alpha value is -4.66. The molecule has 0 fully saturated rings. The lowest BCUT2D eigenvalue weighted by Crippen LogP contribution is -2.49. The zero-order valence-corrected chi connectivity index (χ0v) is 23.3. The Balaban J connectivity index is 1.46. The van der Waals surface area contributed by atoms with Gasteiger partial charge in [-0.25, -0.2) is 17.2 Å². The fourth-order valence-corrected chi connectivity index (χ4v) is 5.95. The monoisotopic (exact) mass is 582 g/mol. The molecule has 42 heavy (non-hydrogen) atoms. The van der Waals surface area contributed by atoms with Crippen LogP contribution < -0.4 is 10.0 Å². The van der Waals surface area contributed by atoms with Gasteiger partial charge in [0, 0.05) is 6.07 Å². The van der Waals surface area contributed by atoms with Crippen molar-refractivity contribution < 1.29 is 22.0 Å². The summed E-state index contributed by atoms with van der Waals surface area (Å²) < 4.78 is 57.6. The van der Waals surface area contributed by atoms with Crippen LogP contribution in [0.5, 0.6) is 0 Å². The van der Waals surface area contributed by atoms with Crippen molar-refractivity contribution in [2.45, 2.75) is 23.4 Å². The van der Waals surface area contributed by atoms with Gasteiger partial charge in [-0.1, -0.05) is 103 Å². The molecule has 212 valence electrons. The molecule has 0 aliphatic heterocycles. The standard InChI is InChI=1S/C34H28F2N2O3S/c35-29-20-24(21-30(36)23-29)22-32(34(39)37-33(27-12-6-2-7-13-27)28-14-8-3-9-15-28)38-42(40,41)31-18-16-26(17-19-31)25-10-4-1-5-11-25/h1-21,23,32-33,38H,22H2,(H,37,39). The van der Waals surface area contributed by atoms with E-state index in [9.17, 15) is 22.0 Å². The topological polar surface area (TPSA) is 75.3 Å². The van der Waals surface area contributed by atoms with Crippen LogP contribution in [0.25, 0.3) is 11.1 Å². The molecule has 5 rings (SSSR count). The van der Waals surface area contributed by atoms with E-state index in [1.54, 1.807) is 12.1 Å². The molecule has 0 spiro atoms. The van der Waals surface area contributed by atoms with E-state index in [4.69, 9.17) is 0 Å². The van der Waals surface area contributed by atoms with Crippen LogP contribution in [-0.2, 0) is 21.2 Å². The predicted octanol–water partition coefficient (Wildman–Crippen LogP) is 6.43. The van der Waals surface area contributed by atoms with Gasteiger partial charge in [0.05, 0.1) is 10.9 Å². The molecule has 0 saturated heterocycles. The van der Waals surface area contributed by atoms with E-state index in [-0.39, 0.29) is 16.9 Å². The average Bonchev–Trinajstić information content (AvgIpc) is 3.00. The minimum absolute atomic E-state index is 0.0481. The Morgan fingerprint density at radius 1 is 0.643 bits per heavy atom. The quantitative estimate of drug-likeness (QED) is 0.199. The van der Waals surface area contributed by atoms with Crippen LogP contribution in [0.15, 0.2) is 138 Å². The third kappa shape index (κ3) is 7.15. The molecular weight excluding hydrogens is 554 g/mol. The van der Waals surface area contributed by atoms with Crippen molar-refractivity contribution in [2.24, 2.45) is 0 Å². The van der Waals surface area contributed by atoms with Crippen LogP contribution >= 0.6 is 0 Å². The summed E-state index contributed by atoms with van der Waals surface area (Å²) in [6.45, 7) is 0. The number of benzene rings is 5. The third-order valence-corrected chi connectivity index (χ3v) is 8.29. The van der Waals surface area contributed by atoms with Gasteiger partial charge < -0.3 is 5.32 Å². The van der Waals surface area contributed by atoms with Gasteiger partial charge in [0.2, 0.25) is 15.9 Å². The summed E-state index contributed by atoms with van der Waals surface area (Å²) >= 11 is 0. The van der Waals surface area contributed by atoms with E-state index in [0.29, 0.717) is 0 Å². The van der Waals surface area contributed by atoms with Gasteiger partial charge in [-0.05, 0) is 58.5 Å². The second-order valence-corrected chi connectivity index (χ2v) is 11.5. The Bertz CT molecular complexity index is 1690. The van der Waals surface area contributed by atoms with Crippen LogP contribution in [0, 0.1) is 11.6 Å². The number of carbonyl (C=O) groups is 1. The number of rotatable bonds is 10. The smallest absolute Gasteiger partial charge is 0.241 e. The number of halogens is 2. The molecule has 5 aromatic carbocycles. The molecule has 1 atom stereocenters. The lowest BCUT2D eigenvalue weighted by atomic mass is 9.97. The molecule has 8 heteroatoms. The van der Waals surface area contributed by atoms with Crippen LogP contribution in [0.2, 0.25) is 0 Å². The van der Waals surface area contributed by atoms with Crippen LogP contribution in [0.1, 0.15) is 22.7 Å². The van der Waals surface area contributed by atoms with Crippen molar-refractivity contribution in [2.75, 3.05) is 0 Å². The molecular formula is C34H28F2N2O3S.